The summed E-state index contributed by atoms with van der Waals surface area (Å²) >= 11 is 5.65. The molecule has 0 amide bonds. The summed E-state index contributed by atoms with van der Waals surface area (Å²) in [5.41, 5.74) is 0.0584. The normalized spacial score (nSPS) is 10.1. The fourth-order valence-electron chi connectivity index (χ4n) is 1.48. The number of nitriles is 1. The van der Waals surface area contributed by atoms with Gasteiger partial charge in [0, 0.05) is 5.88 Å². The number of hydrogen-bond donors (Lipinski definition) is 0. The summed E-state index contributed by atoms with van der Waals surface area (Å²) in [5, 5.41) is 8.97. The van der Waals surface area contributed by atoms with Crippen LogP contribution in [0.15, 0.2) is 12.1 Å². The number of nitrogens with zero attached hydrogens (tertiary/aromatic N) is 1. The van der Waals surface area contributed by atoms with Crippen LogP contribution in [0.2, 0.25) is 0 Å². The predicted octanol–water partition coefficient (Wildman–Crippen LogP) is 3.08. The first kappa shape index (κ1) is 15.2. The van der Waals surface area contributed by atoms with E-state index in [-0.39, 0.29) is 34.9 Å². The standard InChI is InChI=1S/C12H10ClF2NO3/c1-2-18-11(17)10-7(5-13)3-9(19-12(14)15)4-8(10)6-16/h3-4,12H,2,5H2,1H3. The molecule has 1 aromatic carbocycles. The Morgan fingerprint density at radius 2 is 2.21 bits per heavy atom. The van der Waals surface area contributed by atoms with Crippen molar-refractivity contribution in [3.63, 3.8) is 0 Å². The summed E-state index contributed by atoms with van der Waals surface area (Å²) in [6.07, 6.45) is 0. The first-order valence-corrected chi connectivity index (χ1v) is 5.81. The zero-order chi connectivity index (χ0) is 14.4. The van der Waals surface area contributed by atoms with E-state index in [2.05, 4.69) is 4.74 Å². The molecule has 1 rings (SSSR count). The van der Waals surface area contributed by atoms with Crippen molar-refractivity contribution in [1.29, 1.82) is 5.26 Å². The van der Waals surface area contributed by atoms with Crippen LogP contribution in [0, 0.1) is 11.3 Å². The molecule has 0 fully saturated rings. The minimum absolute atomic E-state index is 0.0269. The van der Waals surface area contributed by atoms with Crippen molar-refractivity contribution in [2.45, 2.75) is 19.4 Å². The van der Waals surface area contributed by atoms with E-state index in [9.17, 15) is 13.6 Å². The number of halogens is 3. The van der Waals surface area contributed by atoms with Crippen molar-refractivity contribution in [1.82, 2.24) is 0 Å². The maximum Gasteiger partial charge on any atom is 0.387 e. The lowest BCUT2D eigenvalue weighted by atomic mass is 10.0. The van der Waals surface area contributed by atoms with Crippen LogP contribution in [0.3, 0.4) is 0 Å². The van der Waals surface area contributed by atoms with Crippen LogP contribution in [-0.2, 0) is 10.6 Å². The van der Waals surface area contributed by atoms with Gasteiger partial charge >= 0.3 is 12.6 Å². The van der Waals surface area contributed by atoms with Crippen molar-refractivity contribution in [2.24, 2.45) is 0 Å². The third-order valence-electron chi connectivity index (χ3n) is 2.16. The van der Waals surface area contributed by atoms with Gasteiger partial charge in [-0.05, 0) is 24.6 Å². The fourth-order valence-corrected chi connectivity index (χ4v) is 1.69. The Labute approximate surface area is 113 Å². The van der Waals surface area contributed by atoms with Crippen molar-refractivity contribution in [2.75, 3.05) is 6.61 Å². The van der Waals surface area contributed by atoms with Crippen LogP contribution < -0.4 is 4.74 Å². The molecule has 19 heavy (non-hydrogen) atoms. The quantitative estimate of drug-likeness (QED) is 0.617. The summed E-state index contributed by atoms with van der Waals surface area (Å²) in [5.74, 6) is -1.09. The summed E-state index contributed by atoms with van der Waals surface area (Å²) in [4.78, 5) is 11.7. The van der Waals surface area contributed by atoms with Crippen molar-refractivity contribution in [3.05, 3.63) is 28.8 Å². The summed E-state index contributed by atoms with van der Waals surface area (Å²) in [6.45, 7) is -1.29. The lowest BCUT2D eigenvalue weighted by Gasteiger charge is -2.11. The van der Waals surface area contributed by atoms with Gasteiger partial charge in [0.05, 0.1) is 17.7 Å². The predicted molar refractivity (Wildman–Crippen MR) is 63.3 cm³/mol. The van der Waals surface area contributed by atoms with Crippen LogP contribution in [-0.4, -0.2) is 19.2 Å². The number of carbonyl (C=O) groups excluding carboxylic acids is 1. The number of benzene rings is 1. The minimum Gasteiger partial charge on any atom is -0.462 e. The second-order valence-corrected chi connectivity index (χ2v) is 3.62. The van der Waals surface area contributed by atoms with Gasteiger partial charge in [-0.25, -0.2) is 4.79 Å². The molecule has 7 heteroatoms. The first-order chi connectivity index (χ1) is 9.03. The zero-order valence-corrected chi connectivity index (χ0v) is 10.7. The third kappa shape index (κ3) is 3.80. The second-order valence-electron chi connectivity index (χ2n) is 3.35. The molecule has 0 aliphatic rings. The molecule has 102 valence electrons. The van der Waals surface area contributed by atoms with Crippen LogP contribution in [0.25, 0.3) is 0 Å². The SMILES string of the molecule is CCOC(=O)c1c(C#N)cc(OC(F)F)cc1CCl. The topological polar surface area (TPSA) is 59.3 Å². The van der Waals surface area contributed by atoms with Gasteiger partial charge in [-0.2, -0.15) is 14.0 Å². The highest BCUT2D eigenvalue weighted by Gasteiger charge is 2.20. The Hall–Kier alpha value is -1.87. The van der Waals surface area contributed by atoms with E-state index in [4.69, 9.17) is 21.6 Å². The molecule has 0 saturated heterocycles. The van der Waals surface area contributed by atoms with Gasteiger partial charge in [0.2, 0.25) is 0 Å². The number of ether oxygens (including phenoxy) is 2. The van der Waals surface area contributed by atoms with Gasteiger partial charge in [-0.1, -0.05) is 0 Å². The Bertz CT molecular complexity index is 514. The molecule has 0 aliphatic carbocycles. The third-order valence-corrected chi connectivity index (χ3v) is 2.45. The fraction of sp³-hybridized carbons (Fsp3) is 0.333. The molecule has 1 aromatic rings. The molecule has 0 radical (unpaired) electrons. The van der Waals surface area contributed by atoms with E-state index in [1.54, 1.807) is 13.0 Å². The maximum absolute atomic E-state index is 12.1. The Balaban J connectivity index is 3.30. The monoisotopic (exact) mass is 289 g/mol. The van der Waals surface area contributed by atoms with Crippen LogP contribution in [0.1, 0.15) is 28.4 Å². The van der Waals surface area contributed by atoms with Gasteiger partial charge < -0.3 is 9.47 Å². The molecule has 0 heterocycles. The Kier molecular flexibility index (Phi) is 5.52. The van der Waals surface area contributed by atoms with E-state index < -0.39 is 12.6 Å². The Morgan fingerprint density at radius 1 is 1.53 bits per heavy atom. The largest absolute Gasteiger partial charge is 0.462 e. The van der Waals surface area contributed by atoms with E-state index >= 15 is 0 Å². The molecule has 4 nitrogen and oxygen atoms in total. The van der Waals surface area contributed by atoms with Gasteiger partial charge in [0.15, 0.2) is 0 Å². The van der Waals surface area contributed by atoms with E-state index in [1.807, 2.05) is 0 Å². The van der Waals surface area contributed by atoms with Gasteiger partial charge in [-0.3, -0.25) is 0 Å². The van der Waals surface area contributed by atoms with E-state index in [0.717, 1.165) is 6.07 Å². The van der Waals surface area contributed by atoms with Crippen LogP contribution in [0.4, 0.5) is 8.78 Å². The smallest absolute Gasteiger partial charge is 0.387 e. The van der Waals surface area contributed by atoms with Crippen LogP contribution in [0.5, 0.6) is 5.75 Å². The highest BCUT2D eigenvalue weighted by atomic mass is 35.5. The summed E-state index contributed by atoms with van der Waals surface area (Å²) < 4.78 is 33.3. The van der Waals surface area contributed by atoms with E-state index in [1.165, 1.54) is 6.07 Å². The van der Waals surface area contributed by atoms with Gasteiger partial charge in [-0.15, -0.1) is 11.6 Å². The zero-order valence-electron chi connectivity index (χ0n) is 9.95. The van der Waals surface area contributed by atoms with Gasteiger partial charge in [0.1, 0.15) is 11.8 Å². The summed E-state index contributed by atoms with van der Waals surface area (Å²) in [6, 6.07) is 3.98. The molecular weight excluding hydrogens is 280 g/mol. The second kappa shape index (κ2) is 6.90. The molecule has 0 N–H and O–H groups in total. The lowest BCUT2D eigenvalue weighted by Crippen LogP contribution is -2.11. The number of rotatable bonds is 5. The number of alkyl halides is 3. The molecule has 0 saturated carbocycles. The van der Waals surface area contributed by atoms with Crippen molar-refractivity contribution in [3.8, 4) is 11.8 Å². The average molecular weight is 290 g/mol. The minimum atomic E-state index is -3.02. The molecule has 0 spiro atoms. The highest BCUT2D eigenvalue weighted by Crippen LogP contribution is 2.26. The maximum atomic E-state index is 12.1. The lowest BCUT2D eigenvalue weighted by molar-refractivity contribution is -0.0498. The van der Waals surface area contributed by atoms with Crippen molar-refractivity contribution >= 4 is 17.6 Å². The summed E-state index contributed by atoms with van der Waals surface area (Å²) in [7, 11) is 0. The molecule has 0 atom stereocenters. The molecule has 0 aromatic heterocycles. The Morgan fingerprint density at radius 3 is 2.68 bits per heavy atom. The molecular formula is C12H10ClF2NO3. The average Bonchev–Trinajstić information content (AvgIpc) is 2.36. The van der Waals surface area contributed by atoms with Crippen LogP contribution >= 0.6 is 11.6 Å². The number of esters is 1. The first-order valence-electron chi connectivity index (χ1n) is 5.28. The van der Waals surface area contributed by atoms with Crippen molar-refractivity contribution < 1.29 is 23.0 Å². The molecule has 0 aliphatic heterocycles. The number of hydrogen-bond acceptors (Lipinski definition) is 4. The van der Waals surface area contributed by atoms with Gasteiger partial charge in [0.25, 0.3) is 0 Å². The molecule has 0 unspecified atom stereocenters. The highest BCUT2D eigenvalue weighted by molar-refractivity contribution is 6.17. The van der Waals surface area contributed by atoms with E-state index in [0.29, 0.717) is 0 Å². The number of carbonyl (C=O) groups is 1. The molecule has 0 bridgehead atoms.